The Morgan fingerprint density at radius 2 is 2.22 bits per heavy atom. The zero-order chi connectivity index (χ0) is 12.4. The first-order valence-corrected chi connectivity index (χ1v) is 6.07. The van der Waals surface area contributed by atoms with Crippen molar-refractivity contribution in [1.29, 1.82) is 0 Å². The van der Waals surface area contributed by atoms with Crippen LogP contribution in [0.3, 0.4) is 0 Å². The molecule has 0 fully saturated rings. The van der Waals surface area contributed by atoms with E-state index in [1.54, 1.807) is 12.5 Å². The number of nitrogens with two attached hydrogens (primary N) is 1. The number of benzene rings is 1. The summed E-state index contributed by atoms with van der Waals surface area (Å²) in [4.78, 5) is 0. The number of ether oxygens (including phenoxy) is 1. The molecule has 0 spiro atoms. The summed E-state index contributed by atoms with van der Waals surface area (Å²) in [5.74, 6) is 6.94. The molecular formula is C14H16N2O2. The van der Waals surface area contributed by atoms with Crippen LogP contribution in [0, 0.1) is 0 Å². The van der Waals surface area contributed by atoms with Crippen LogP contribution in [-0.4, -0.2) is 12.6 Å². The second-order valence-corrected chi connectivity index (χ2v) is 4.56. The van der Waals surface area contributed by atoms with E-state index in [1.807, 2.05) is 24.3 Å². The predicted molar refractivity (Wildman–Crippen MR) is 68.2 cm³/mol. The molecule has 0 saturated heterocycles. The van der Waals surface area contributed by atoms with Crippen LogP contribution in [0.25, 0.3) is 0 Å². The quantitative estimate of drug-likeness (QED) is 0.636. The Labute approximate surface area is 106 Å². The van der Waals surface area contributed by atoms with Crippen LogP contribution in [0.5, 0.6) is 5.75 Å². The Morgan fingerprint density at radius 1 is 1.33 bits per heavy atom. The van der Waals surface area contributed by atoms with E-state index in [4.69, 9.17) is 15.0 Å². The van der Waals surface area contributed by atoms with Gasteiger partial charge < -0.3 is 9.15 Å². The summed E-state index contributed by atoms with van der Waals surface area (Å²) in [6.45, 7) is 0.673. The number of hydrogen-bond acceptors (Lipinski definition) is 4. The lowest BCUT2D eigenvalue weighted by molar-refractivity contribution is 0.297. The number of para-hydroxylation sites is 1. The number of furan rings is 1. The van der Waals surface area contributed by atoms with Crippen LogP contribution in [0.2, 0.25) is 0 Å². The van der Waals surface area contributed by atoms with Crippen LogP contribution in [0.15, 0.2) is 47.3 Å². The Bertz CT molecular complexity index is 510. The minimum absolute atomic E-state index is 0.145. The van der Waals surface area contributed by atoms with Gasteiger partial charge in [0, 0.05) is 17.5 Å². The molecule has 4 heteroatoms. The van der Waals surface area contributed by atoms with Crippen LogP contribution < -0.4 is 16.0 Å². The molecule has 2 aromatic rings. The molecule has 0 amide bonds. The van der Waals surface area contributed by atoms with Crippen LogP contribution in [-0.2, 0) is 6.42 Å². The number of hydrazine groups is 1. The van der Waals surface area contributed by atoms with Crippen molar-refractivity contribution < 1.29 is 9.15 Å². The Morgan fingerprint density at radius 3 is 3.00 bits per heavy atom. The molecule has 94 valence electrons. The fourth-order valence-corrected chi connectivity index (χ4v) is 2.50. The molecule has 18 heavy (non-hydrogen) atoms. The highest BCUT2D eigenvalue weighted by Crippen LogP contribution is 2.36. The Balaban J connectivity index is 1.81. The molecule has 0 bridgehead atoms. The van der Waals surface area contributed by atoms with E-state index in [0.717, 1.165) is 17.7 Å². The standard InChI is InChI=1S/C14H16N2O2/c15-16-13(7-10-5-6-17-8-10)12-9-18-14-4-2-1-3-11(12)14/h1-6,8,12-13,16H,7,9,15H2. The van der Waals surface area contributed by atoms with E-state index in [-0.39, 0.29) is 12.0 Å². The minimum atomic E-state index is 0.145. The average Bonchev–Trinajstić information content (AvgIpc) is 3.05. The summed E-state index contributed by atoms with van der Waals surface area (Å²) >= 11 is 0. The van der Waals surface area contributed by atoms with E-state index >= 15 is 0 Å². The van der Waals surface area contributed by atoms with Gasteiger partial charge in [-0.15, -0.1) is 0 Å². The monoisotopic (exact) mass is 244 g/mol. The van der Waals surface area contributed by atoms with Gasteiger partial charge in [0.25, 0.3) is 0 Å². The second-order valence-electron chi connectivity index (χ2n) is 4.56. The highest BCUT2D eigenvalue weighted by molar-refractivity contribution is 5.40. The lowest BCUT2D eigenvalue weighted by atomic mass is 9.90. The van der Waals surface area contributed by atoms with Crippen molar-refractivity contribution in [3.8, 4) is 5.75 Å². The maximum atomic E-state index is 5.69. The number of nitrogens with one attached hydrogen (secondary N) is 1. The molecule has 2 heterocycles. The fraction of sp³-hybridized carbons (Fsp3) is 0.286. The molecular weight excluding hydrogens is 228 g/mol. The van der Waals surface area contributed by atoms with Crippen molar-refractivity contribution >= 4 is 0 Å². The summed E-state index contributed by atoms with van der Waals surface area (Å²) in [7, 11) is 0. The van der Waals surface area contributed by atoms with Crippen LogP contribution in [0.1, 0.15) is 17.0 Å². The van der Waals surface area contributed by atoms with Gasteiger partial charge in [-0.3, -0.25) is 11.3 Å². The third-order valence-electron chi connectivity index (χ3n) is 3.47. The molecule has 4 nitrogen and oxygen atoms in total. The smallest absolute Gasteiger partial charge is 0.122 e. The normalized spacial score (nSPS) is 19.3. The zero-order valence-electron chi connectivity index (χ0n) is 10.0. The van der Waals surface area contributed by atoms with Gasteiger partial charge in [-0.05, 0) is 24.1 Å². The lowest BCUT2D eigenvalue weighted by Crippen LogP contribution is -2.41. The number of fused-ring (bicyclic) bond motifs is 1. The predicted octanol–water partition coefficient (Wildman–Crippen LogP) is 1.83. The molecule has 0 radical (unpaired) electrons. The first-order chi connectivity index (χ1) is 8.88. The largest absolute Gasteiger partial charge is 0.493 e. The van der Waals surface area contributed by atoms with E-state index in [9.17, 15) is 0 Å². The van der Waals surface area contributed by atoms with Crippen molar-refractivity contribution in [2.24, 2.45) is 5.84 Å². The summed E-state index contributed by atoms with van der Waals surface area (Å²) in [5.41, 5.74) is 5.27. The van der Waals surface area contributed by atoms with Gasteiger partial charge in [-0.2, -0.15) is 0 Å². The molecule has 0 aliphatic carbocycles. The number of hydrogen-bond donors (Lipinski definition) is 2. The third kappa shape index (κ3) is 2.00. The molecule has 1 aliphatic heterocycles. The second kappa shape index (κ2) is 4.84. The molecule has 3 N–H and O–H groups in total. The van der Waals surface area contributed by atoms with Crippen molar-refractivity contribution in [3.05, 3.63) is 54.0 Å². The van der Waals surface area contributed by atoms with Crippen LogP contribution in [0.4, 0.5) is 0 Å². The van der Waals surface area contributed by atoms with Crippen molar-refractivity contribution in [2.45, 2.75) is 18.4 Å². The molecule has 1 aromatic carbocycles. The van der Waals surface area contributed by atoms with Crippen molar-refractivity contribution in [1.82, 2.24) is 5.43 Å². The third-order valence-corrected chi connectivity index (χ3v) is 3.47. The maximum Gasteiger partial charge on any atom is 0.122 e. The van der Waals surface area contributed by atoms with E-state index in [0.29, 0.717) is 6.61 Å². The van der Waals surface area contributed by atoms with Gasteiger partial charge in [-0.25, -0.2) is 0 Å². The number of rotatable bonds is 4. The highest BCUT2D eigenvalue weighted by Gasteiger charge is 2.30. The summed E-state index contributed by atoms with van der Waals surface area (Å²) in [5, 5.41) is 0. The van der Waals surface area contributed by atoms with Gasteiger partial charge in [0.1, 0.15) is 5.75 Å². The zero-order valence-corrected chi connectivity index (χ0v) is 10.0. The topological polar surface area (TPSA) is 60.4 Å². The minimum Gasteiger partial charge on any atom is -0.493 e. The Kier molecular flexibility index (Phi) is 3.04. The molecule has 3 rings (SSSR count). The van der Waals surface area contributed by atoms with E-state index < -0.39 is 0 Å². The average molecular weight is 244 g/mol. The van der Waals surface area contributed by atoms with Gasteiger partial charge >= 0.3 is 0 Å². The van der Waals surface area contributed by atoms with Crippen molar-refractivity contribution in [2.75, 3.05) is 6.61 Å². The molecule has 1 aromatic heterocycles. The molecule has 2 atom stereocenters. The van der Waals surface area contributed by atoms with E-state index in [2.05, 4.69) is 11.5 Å². The van der Waals surface area contributed by atoms with E-state index in [1.165, 1.54) is 5.56 Å². The SMILES string of the molecule is NNC(Cc1ccoc1)C1COc2ccccc21. The molecule has 1 aliphatic rings. The summed E-state index contributed by atoms with van der Waals surface area (Å²) < 4.78 is 10.8. The summed E-state index contributed by atoms with van der Waals surface area (Å²) in [6, 6.07) is 10.2. The van der Waals surface area contributed by atoms with Gasteiger partial charge in [-0.1, -0.05) is 18.2 Å². The van der Waals surface area contributed by atoms with Crippen molar-refractivity contribution in [3.63, 3.8) is 0 Å². The highest BCUT2D eigenvalue weighted by atomic mass is 16.5. The summed E-state index contributed by atoms with van der Waals surface area (Å²) in [6.07, 6.45) is 4.27. The Hall–Kier alpha value is -1.78. The van der Waals surface area contributed by atoms with Gasteiger partial charge in [0.2, 0.25) is 0 Å². The lowest BCUT2D eigenvalue weighted by Gasteiger charge is -2.21. The van der Waals surface area contributed by atoms with Crippen LogP contribution >= 0.6 is 0 Å². The molecule has 2 unspecified atom stereocenters. The first-order valence-electron chi connectivity index (χ1n) is 6.07. The van der Waals surface area contributed by atoms with Gasteiger partial charge in [0.05, 0.1) is 19.1 Å². The molecule has 0 saturated carbocycles. The van der Waals surface area contributed by atoms with Gasteiger partial charge in [0.15, 0.2) is 0 Å². The fourth-order valence-electron chi connectivity index (χ4n) is 2.50. The first kappa shape index (κ1) is 11.3. The maximum absolute atomic E-state index is 5.69.